The molecule has 0 amide bonds. The Morgan fingerprint density at radius 3 is 2.42 bits per heavy atom. The molecular weight excluding hydrogens is 424 g/mol. The Morgan fingerprint density at radius 2 is 1.73 bits per heavy atom. The van der Waals surface area contributed by atoms with E-state index in [2.05, 4.69) is 32.1 Å². The van der Waals surface area contributed by atoms with Crippen LogP contribution in [0.2, 0.25) is 0 Å². The zero-order chi connectivity index (χ0) is 23.4. The van der Waals surface area contributed by atoms with Crippen LogP contribution in [0.5, 0.6) is 0 Å². The van der Waals surface area contributed by atoms with Gasteiger partial charge in [-0.1, -0.05) is 13.8 Å². The standard InChI is InChI=1S/C25H29F2N5O/c1-16(2)25-30-14-18(15-31-25)13-29-24-20(21-12-19(26)4-5-22(21)27)6-7-28-23(24)17(3)32-8-10-33-11-9-32/h4-7,12,14-17,29H,8-11,13H2,1-3H3. The number of hydrogen-bond donors (Lipinski definition) is 1. The third-order valence-electron chi connectivity index (χ3n) is 5.90. The van der Waals surface area contributed by atoms with Gasteiger partial charge in [0.05, 0.1) is 30.6 Å². The van der Waals surface area contributed by atoms with Crippen molar-refractivity contribution < 1.29 is 13.5 Å². The Bertz CT molecular complexity index is 1080. The Morgan fingerprint density at radius 1 is 1.00 bits per heavy atom. The van der Waals surface area contributed by atoms with E-state index in [1.165, 1.54) is 6.07 Å². The number of benzene rings is 1. The Kier molecular flexibility index (Phi) is 7.25. The van der Waals surface area contributed by atoms with Crippen molar-refractivity contribution in [3.8, 4) is 11.1 Å². The van der Waals surface area contributed by atoms with Crippen LogP contribution in [0.1, 0.15) is 49.8 Å². The molecule has 1 saturated heterocycles. The monoisotopic (exact) mass is 453 g/mol. The molecule has 8 heteroatoms. The molecule has 0 saturated carbocycles. The van der Waals surface area contributed by atoms with E-state index in [0.717, 1.165) is 42.3 Å². The van der Waals surface area contributed by atoms with Gasteiger partial charge < -0.3 is 10.1 Å². The van der Waals surface area contributed by atoms with Crippen molar-refractivity contribution in [2.75, 3.05) is 31.6 Å². The number of anilines is 1. The van der Waals surface area contributed by atoms with Crippen molar-refractivity contribution >= 4 is 5.69 Å². The summed E-state index contributed by atoms with van der Waals surface area (Å²) < 4.78 is 34.3. The van der Waals surface area contributed by atoms with Gasteiger partial charge in [-0.3, -0.25) is 9.88 Å². The first-order chi connectivity index (χ1) is 15.9. The van der Waals surface area contributed by atoms with Crippen molar-refractivity contribution in [1.29, 1.82) is 0 Å². The van der Waals surface area contributed by atoms with Gasteiger partial charge in [0.1, 0.15) is 17.5 Å². The maximum Gasteiger partial charge on any atom is 0.131 e. The lowest BCUT2D eigenvalue weighted by Crippen LogP contribution is -2.38. The lowest BCUT2D eigenvalue weighted by Gasteiger charge is -2.33. The predicted molar refractivity (Wildman–Crippen MR) is 124 cm³/mol. The van der Waals surface area contributed by atoms with Crippen LogP contribution in [-0.2, 0) is 11.3 Å². The largest absolute Gasteiger partial charge is 0.379 e. The van der Waals surface area contributed by atoms with Crippen LogP contribution in [0.4, 0.5) is 14.5 Å². The van der Waals surface area contributed by atoms with Gasteiger partial charge in [0, 0.05) is 60.8 Å². The quantitative estimate of drug-likeness (QED) is 0.546. The molecule has 1 unspecified atom stereocenters. The van der Waals surface area contributed by atoms with Gasteiger partial charge in [0.15, 0.2) is 0 Å². The van der Waals surface area contributed by atoms with Crippen LogP contribution in [0.25, 0.3) is 11.1 Å². The third-order valence-corrected chi connectivity index (χ3v) is 5.90. The van der Waals surface area contributed by atoms with Crippen LogP contribution in [0, 0.1) is 11.6 Å². The number of hydrogen-bond acceptors (Lipinski definition) is 6. The van der Waals surface area contributed by atoms with E-state index in [0.29, 0.717) is 31.0 Å². The number of pyridine rings is 1. The molecular formula is C25H29F2N5O. The molecule has 1 aromatic carbocycles. The molecule has 174 valence electrons. The zero-order valence-corrected chi connectivity index (χ0v) is 19.2. The smallest absolute Gasteiger partial charge is 0.131 e. The van der Waals surface area contributed by atoms with E-state index >= 15 is 0 Å². The van der Waals surface area contributed by atoms with Gasteiger partial charge in [-0.05, 0) is 31.2 Å². The first-order valence-electron chi connectivity index (χ1n) is 11.2. The van der Waals surface area contributed by atoms with Gasteiger partial charge in [0.25, 0.3) is 0 Å². The first kappa shape index (κ1) is 23.2. The van der Waals surface area contributed by atoms with Gasteiger partial charge >= 0.3 is 0 Å². The molecule has 3 aromatic rings. The summed E-state index contributed by atoms with van der Waals surface area (Å²) in [5, 5.41) is 3.42. The highest BCUT2D eigenvalue weighted by molar-refractivity contribution is 5.80. The van der Waals surface area contributed by atoms with Crippen molar-refractivity contribution in [1.82, 2.24) is 19.9 Å². The number of ether oxygens (including phenoxy) is 1. The SMILES string of the molecule is CC(C)c1ncc(CNc2c(-c3cc(F)ccc3F)ccnc2C(C)N2CCOCC2)cn1. The Balaban J connectivity index is 1.71. The summed E-state index contributed by atoms with van der Waals surface area (Å²) in [7, 11) is 0. The van der Waals surface area contributed by atoms with E-state index in [4.69, 9.17) is 4.74 Å². The van der Waals surface area contributed by atoms with Crippen LogP contribution >= 0.6 is 0 Å². The van der Waals surface area contributed by atoms with Crippen LogP contribution in [0.15, 0.2) is 42.9 Å². The average molecular weight is 454 g/mol. The van der Waals surface area contributed by atoms with E-state index in [1.54, 1.807) is 24.7 Å². The minimum atomic E-state index is -0.491. The van der Waals surface area contributed by atoms with Gasteiger partial charge in [0.2, 0.25) is 0 Å². The van der Waals surface area contributed by atoms with Crippen LogP contribution in [-0.4, -0.2) is 46.2 Å². The minimum Gasteiger partial charge on any atom is -0.379 e. The highest BCUT2D eigenvalue weighted by Gasteiger charge is 2.24. The number of rotatable bonds is 7. The normalized spacial score (nSPS) is 15.6. The molecule has 0 aliphatic carbocycles. The zero-order valence-electron chi connectivity index (χ0n) is 19.2. The maximum absolute atomic E-state index is 14.7. The molecule has 1 N–H and O–H groups in total. The van der Waals surface area contributed by atoms with Crippen LogP contribution < -0.4 is 5.32 Å². The molecule has 33 heavy (non-hydrogen) atoms. The molecule has 1 aliphatic heterocycles. The Hall–Kier alpha value is -2.97. The minimum absolute atomic E-state index is 0.0347. The van der Waals surface area contributed by atoms with Crippen molar-refractivity contribution in [3.05, 3.63) is 71.6 Å². The van der Waals surface area contributed by atoms with Crippen molar-refractivity contribution in [2.45, 2.75) is 39.3 Å². The Labute approximate surface area is 193 Å². The van der Waals surface area contributed by atoms with Gasteiger partial charge in [-0.25, -0.2) is 18.7 Å². The number of nitrogens with zero attached hydrogens (tertiary/aromatic N) is 4. The molecule has 1 fully saturated rings. The molecule has 0 spiro atoms. The number of morpholine rings is 1. The van der Waals surface area contributed by atoms with E-state index in [9.17, 15) is 8.78 Å². The summed E-state index contributed by atoms with van der Waals surface area (Å²) in [6.45, 7) is 9.47. The van der Waals surface area contributed by atoms with Crippen molar-refractivity contribution in [3.63, 3.8) is 0 Å². The lowest BCUT2D eigenvalue weighted by atomic mass is 9.99. The summed E-state index contributed by atoms with van der Waals surface area (Å²) in [5.74, 6) is 0.0491. The highest BCUT2D eigenvalue weighted by Crippen LogP contribution is 2.36. The summed E-state index contributed by atoms with van der Waals surface area (Å²) in [6.07, 6.45) is 5.23. The second-order valence-corrected chi connectivity index (χ2v) is 8.53. The summed E-state index contributed by atoms with van der Waals surface area (Å²) in [5.41, 5.74) is 3.10. The molecule has 3 heterocycles. The maximum atomic E-state index is 14.7. The summed E-state index contributed by atoms with van der Waals surface area (Å²) in [6, 6.07) is 5.18. The first-order valence-corrected chi connectivity index (χ1v) is 11.2. The highest BCUT2D eigenvalue weighted by atomic mass is 19.1. The molecule has 4 rings (SSSR count). The van der Waals surface area contributed by atoms with Crippen molar-refractivity contribution in [2.24, 2.45) is 0 Å². The average Bonchev–Trinajstić information content (AvgIpc) is 2.84. The molecule has 0 bridgehead atoms. The topological polar surface area (TPSA) is 63.2 Å². The van der Waals surface area contributed by atoms with Gasteiger partial charge in [-0.2, -0.15) is 0 Å². The fourth-order valence-electron chi connectivity index (χ4n) is 3.99. The molecule has 6 nitrogen and oxygen atoms in total. The third kappa shape index (κ3) is 5.34. The fraction of sp³-hybridized carbons (Fsp3) is 0.400. The molecule has 1 atom stereocenters. The predicted octanol–water partition coefficient (Wildman–Crippen LogP) is 4.95. The van der Waals surface area contributed by atoms with E-state index in [-0.39, 0.29) is 17.5 Å². The van der Waals surface area contributed by atoms with E-state index in [1.807, 2.05) is 13.8 Å². The van der Waals surface area contributed by atoms with Gasteiger partial charge in [-0.15, -0.1) is 0 Å². The number of aromatic nitrogens is 3. The summed E-state index contributed by atoms with van der Waals surface area (Å²) in [4.78, 5) is 15.8. The fourth-order valence-corrected chi connectivity index (χ4v) is 3.99. The van der Waals surface area contributed by atoms with Crippen LogP contribution in [0.3, 0.4) is 0 Å². The van der Waals surface area contributed by atoms with E-state index < -0.39 is 11.6 Å². The molecule has 2 aromatic heterocycles. The second-order valence-electron chi connectivity index (χ2n) is 8.53. The second kappa shape index (κ2) is 10.3. The number of halogens is 2. The molecule has 1 aliphatic rings. The summed E-state index contributed by atoms with van der Waals surface area (Å²) >= 11 is 0. The number of nitrogens with one attached hydrogen (secondary N) is 1. The lowest BCUT2D eigenvalue weighted by molar-refractivity contribution is 0.0192. The molecule has 0 radical (unpaired) electrons.